The molecule has 35 heavy (non-hydrogen) atoms. The number of likely N-dealkylation sites (N-methyl/N-ethyl adjacent to an activating group) is 1. The Morgan fingerprint density at radius 1 is 0.971 bits per heavy atom. The lowest BCUT2D eigenvalue weighted by Crippen LogP contribution is -2.51. The van der Waals surface area contributed by atoms with Crippen LogP contribution >= 0.6 is 23.2 Å². The average Bonchev–Trinajstić information content (AvgIpc) is 2.86. The molecule has 3 aromatic carbocycles. The van der Waals surface area contributed by atoms with Gasteiger partial charge in [0.2, 0.25) is 5.91 Å². The van der Waals surface area contributed by atoms with Crippen molar-refractivity contribution in [2.75, 3.05) is 20.3 Å². The molecule has 0 saturated carbocycles. The Balaban J connectivity index is 1.93. The summed E-state index contributed by atoms with van der Waals surface area (Å²) < 4.78 is 11.1. The number of carbonyl (C=O) groups is 2. The van der Waals surface area contributed by atoms with E-state index in [1.54, 1.807) is 36.4 Å². The quantitative estimate of drug-likeness (QED) is 0.383. The van der Waals surface area contributed by atoms with Crippen LogP contribution in [0.15, 0.2) is 72.8 Å². The van der Waals surface area contributed by atoms with Crippen LogP contribution in [0.2, 0.25) is 10.0 Å². The summed E-state index contributed by atoms with van der Waals surface area (Å²) in [4.78, 5) is 28.2. The molecule has 0 fully saturated rings. The van der Waals surface area contributed by atoms with Gasteiger partial charge in [-0.3, -0.25) is 9.59 Å². The van der Waals surface area contributed by atoms with Crippen LogP contribution in [0.3, 0.4) is 0 Å². The Hall–Kier alpha value is -3.22. The van der Waals surface area contributed by atoms with Crippen molar-refractivity contribution in [2.24, 2.45) is 0 Å². The third-order valence-electron chi connectivity index (χ3n) is 5.40. The molecule has 0 aliphatic carbocycles. The molecular formula is C27H28Cl2N2O4. The fourth-order valence-electron chi connectivity index (χ4n) is 3.64. The Morgan fingerprint density at radius 2 is 1.66 bits per heavy atom. The van der Waals surface area contributed by atoms with E-state index < -0.39 is 6.04 Å². The number of amides is 2. The van der Waals surface area contributed by atoms with Gasteiger partial charge in [0.1, 0.15) is 6.04 Å². The molecule has 0 heterocycles. The van der Waals surface area contributed by atoms with Crippen LogP contribution in [-0.2, 0) is 22.6 Å². The van der Waals surface area contributed by atoms with Gasteiger partial charge < -0.3 is 19.7 Å². The zero-order valence-electron chi connectivity index (χ0n) is 19.7. The van der Waals surface area contributed by atoms with Crippen LogP contribution in [-0.4, -0.2) is 43.0 Å². The molecule has 1 N–H and O–H groups in total. The average molecular weight is 515 g/mol. The molecular weight excluding hydrogens is 487 g/mol. The van der Waals surface area contributed by atoms with E-state index in [1.165, 1.54) is 12.0 Å². The highest BCUT2D eigenvalue weighted by molar-refractivity contribution is 6.35. The Labute approximate surface area is 215 Å². The number of para-hydroxylation sites is 2. The van der Waals surface area contributed by atoms with Crippen molar-refractivity contribution < 1.29 is 19.1 Å². The predicted molar refractivity (Wildman–Crippen MR) is 138 cm³/mol. The monoisotopic (exact) mass is 514 g/mol. The highest BCUT2D eigenvalue weighted by Gasteiger charge is 2.31. The smallest absolute Gasteiger partial charge is 0.261 e. The number of hydrogen-bond acceptors (Lipinski definition) is 4. The number of hydrogen-bond donors (Lipinski definition) is 1. The van der Waals surface area contributed by atoms with E-state index >= 15 is 0 Å². The number of nitrogens with zero attached hydrogens (tertiary/aromatic N) is 1. The molecule has 0 radical (unpaired) electrons. The molecule has 3 aromatic rings. The highest BCUT2D eigenvalue weighted by atomic mass is 35.5. The number of nitrogens with one attached hydrogen (secondary N) is 1. The lowest BCUT2D eigenvalue weighted by molar-refractivity contribution is -0.142. The third kappa shape index (κ3) is 7.38. The minimum Gasteiger partial charge on any atom is -0.493 e. The maximum Gasteiger partial charge on any atom is 0.261 e. The van der Waals surface area contributed by atoms with Crippen LogP contribution in [0.4, 0.5) is 0 Å². The largest absolute Gasteiger partial charge is 0.493 e. The van der Waals surface area contributed by atoms with Gasteiger partial charge in [0.05, 0.1) is 7.11 Å². The second-order valence-electron chi connectivity index (χ2n) is 7.80. The Bertz CT molecular complexity index is 1140. The molecule has 0 aliphatic heterocycles. The standard InChI is InChI=1S/C27H28Cl2N2O4/c1-3-30-27(33)23(15-19-9-5-4-6-10-19)31(17-20-13-14-21(28)16-22(20)29)26(32)18-35-25-12-8-7-11-24(25)34-2/h4-14,16,23H,3,15,17-18H2,1-2H3,(H,30,33). The predicted octanol–water partition coefficient (Wildman–Crippen LogP) is 5.16. The van der Waals surface area contributed by atoms with Crippen molar-refractivity contribution in [1.29, 1.82) is 0 Å². The summed E-state index contributed by atoms with van der Waals surface area (Å²) in [5.74, 6) is 0.323. The molecule has 184 valence electrons. The maximum atomic E-state index is 13.6. The minimum atomic E-state index is -0.780. The van der Waals surface area contributed by atoms with Crippen molar-refractivity contribution in [2.45, 2.75) is 25.9 Å². The zero-order chi connectivity index (χ0) is 25.2. The van der Waals surface area contributed by atoms with Gasteiger partial charge in [-0.1, -0.05) is 71.7 Å². The van der Waals surface area contributed by atoms with E-state index in [2.05, 4.69) is 5.32 Å². The van der Waals surface area contributed by atoms with E-state index in [4.69, 9.17) is 32.7 Å². The number of carbonyl (C=O) groups excluding carboxylic acids is 2. The highest BCUT2D eigenvalue weighted by Crippen LogP contribution is 2.27. The minimum absolute atomic E-state index is 0.110. The molecule has 8 heteroatoms. The fraction of sp³-hybridized carbons (Fsp3) is 0.259. The number of methoxy groups -OCH3 is 1. The SMILES string of the molecule is CCNC(=O)C(Cc1ccccc1)N(Cc1ccc(Cl)cc1Cl)C(=O)COc1ccccc1OC. The first-order chi connectivity index (χ1) is 16.9. The third-order valence-corrected chi connectivity index (χ3v) is 5.99. The zero-order valence-corrected chi connectivity index (χ0v) is 21.2. The van der Waals surface area contributed by atoms with Gasteiger partial charge >= 0.3 is 0 Å². The van der Waals surface area contributed by atoms with E-state index in [0.29, 0.717) is 40.1 Å². The summed E-state index contributed by atoms with van der Waals surface area (Å²) >= 11 is 12.5. The van der Waals surface area contributed by atoms with Crippen molar-refractivity contribution >= 4 is 35.0 Å². The lowest BCUT2D eigenvalue weighted by atomic mass is 10.0. The first-order valence-electron chi connectivity index (χ1n) is 11.2. The van der Waals surface area contributed by atoms with Crippen LogP contribution in [0.1, 0.15) is 18.1 Å². The summed E-state index contributed by atoms with van der Waals surface area (Å²) in [5.41, 5.74) is 1.60. The summed E-state index contributed by atoms with van der Waals surface area (Å²) in [6.45, 7) is 2.10. The lowest BCUT2D eigenvalue weighted by Gasteiger charge is -2.31. The molecule has 1 atom stereocenters. The van der Waals surface area contributed by atoms with E-state index in [-0.39, 0.29) is 25.0 Å². The summed E-state index contributed by atoms with van der Waals surface area (Å²) in [6, 6.07) is 20.9. The van der Waals surface area contributed by atoms with Crippen LogP contribution < -0.4 is 14.8 Å². The molecule has 1 unspecified atom stereocenters. The van der Waals surface area contributed by atoms with Crippen molar-refractivity contribution in [3.05, 3.63) is 94.0 Å². The van der Waals surface area contributed by atoms with Crippen molar-refractivity contribution in [1.82, 2.24) is 10.2 Å². The maximum absolute atomic E-state index is 13.6. The van der Waals surface area contributed by atoms with Gasteiger partial charge in [0, 0.05) is 29.6 Å². The topological polar surface area (TPSA) is 67.9 Å². The van der Waals surface area contributed by atoms with Gasteiger partial charge in [-0.15, -0.1) is 0 Å². The summed E-state index contributed by atoms with van der Waals surface area (Å²) in [7, 11) is 1.53. The molecule has 2 amide bonds. The van der Waals surface area contributed by atoms with Crippen molar-refractivity contribution in [3.8, 4) is 11.5 Å². The van der Waals surface area contributed by atoms with Gasteiger partial charge in [0.25, 0.3) is 5.91 Å². The van der Waals surface area contributed by atoms with Gasteiger partial charge in [0.15, 0.2) is 18.1 Å². The van der Waals surface area contributed by atoms with E-state index in [9.17, 15) is 9.59 Å². The van der Waals surface area contributed by atoms with Gasteiger partial charge in [-0.25, -0.2) is 0 Å². The second-order valence-corrected chi connectivity index (χ2v) is 8.64. The molecule has 0 aliphatic rings. The second kappa shape index (κ2) is 13.0. The summed E-state index contributed by atoms with van der Waals surface area (Å²) in [6.07, 6.45) is 0.332. The first kappa shape index (κ1) is 26.4. The van der Waals surface area contributed by atoms with Crippen LogP contribution in [0.25, 0.3) is 0 Å². The normalized spacial score (nSPS) is 11.4. The van der Waals surface area contributed by atoms with Gasteiger partial charge in [-0.2, -0.15) is 0 Å². The molecule has 3 rings (SSSR count). The van der Waals surface area contributed by atoms with Crippen LogP contribution in [0, 0.1) is 0 Å². The molecule has 0 bridgehead atoms. The fourth-order valence-corrected chi connectivity index (χ4v) is 4.11. The number of rotatable bonds is 11. The molecule has 0 aromatic heterocycles. The van der Waals surface area contributed by atoms with Gasteiger partial charge in [-0.05, 0) is 42.3 Å². The summed E-state index contributed by atoms with van der Waals surface area (Å²) in [5, 5.41) is 3.75. The first-order valence-corrected chi connectivity index (χ1v) is 12.0. The van der Waals surface area contributed by atoms with Crippen molar-refractivity contribution in [3.63, 3.8) is 0 Å². The molecule has 0 saturated heterocycles. The Morgan fingerprint density at radius 3 is 2.31 bits per heavy atom. The van der Waals surface area contributed by atoms with E-state index in [1.807, 2.05) is 43.3 Å². The number of halogens is 2. The van der Waals surface area contributed by atoms with Crippen LogP contribution in [0.5, 0.6) is 11.5 Å². The van der Waals surface area contributed by atoms with E-state index in [0.717, 1.165) is 5.56 Å². The number of benzene rings is 3. The number of ether oxygens (including phenoxy) is 2. The molecule has 6 nitrogen and oxygen atoms in total. The Kier molecular flexibility index (Phi) is 9.82. The molecule has 0 spiro atoms.